The lowest BCUT2D eigenvalue weighted by molar-refractivity contribution is -0.201. The van der Waals surface area contributed by atoms with Crippen molar-refractivity contribution in [1.82, 2.24) is 14.3 Å². The minimum absolute atomic E-state index is 0.0297. The van der Waals surface area contributed by atoms with Gasteiger partial charge in [-0.15, -0.1) is 16.4 Å². The maximum atomic E-state index is 12.8. The number of benzene rings is 1. The fourth-order valence-electron chi connectivity index (χ4n) is 3.58. The van der Waals surface area contributed by atoms with Crippen LogP contribution >= 0.6 is 11.3 Å². The Morgan fingerprint density at radius 2 is 1.90 bits per heavy atom. The Bertz CT molecular complexity index is 1570. The number of carbonyl (C=O) groups is 2. The van der Waals surface area contributed by atoms with Crippen molar-refractivity contribution in [3.8, 4) is 11.8 Å². The van der Waals surface area contributed by atoms with Gasteiger partial charge in [0.1, 0.15) is 6.33 Å². The Kier molecular flexibility index (Phi) is 7.98. The first-order chi connectivity index (χ1) is 18.5. The van der Waals surface area contributed by atoms with Gasteiger partial charge in [-0.2, -0.15) is 27.1 Å². The number of nitrogens with zero attached hydrogens (tertiary/aromatic N) is 4. The second kappa shape index (κ2) is 11.2. The minimum Gasteiger partial charge on any atom is -0.327 e. The largest absolute Gasteiger partial charge is 0.493 e. The number of aromatic nitrogens is 3. The van der Waals surface area contributed by atoms with E-state index in [-0.39, 0.29) is 30.6 Å². The fraction of sp³-hybridized carbons (Fsp3) is 0.250. The summed E-state index contributed by atoms with van der Waals surface area (Å²) in [6, 6.07) is 7.90. The first-order valence-electron chi connectivity index (χ1n) is 11.2. The molecule has 0 fully saturated rings. The molecule has 0 bridgehead atoms. The average Bonchev–Trinajstić information content (AvgIpc) is 3.48. The van der Waals surface area contributed by atoms with E-state index in [1.807, 2.05) is 0 Å². The summed E-state index contributed by atoms with van der Waals surface area (Å²) < 4.78 is 65.6. The number of hydrogen-bond donors (Lipinski definition) is 1. The second-order valence-electron chi connectivity index (χ2n) is 8.19. The molecule has 0 saturated carbocycles. The molecular formula is C24H18F5N5O4S. The summed E-state index contributed by atoms with van der Waals surface area (Å²) in [7, 11) is 0. The van der Waals surface area contributed by atoms with Gasteiger partial charge in [0.15, 0.2) is 0 Å². The number of aryl methyl sites for hydroxylation is 1. The lowest BCUT2D eigenvalue weighted by atomic mass is 10.00. The molecule has 1 aliphatic rings. The van der Waals surface area contributed by atoms with Crippen LogP contribution in [0.2, 0.25) is 0 Å². The average molecular weight is 567 g/mol. The second-order valence-corrected chi connectivity index (χ2v) is 9.36. The monoisotopic (exact) mass is 567 g/mol. The fourth-order valence-corrected chi connectivity index (χ4v) is 4.44. The van der Waals surface area contributed by atoms with E-state index in [9.17, 15) is 36.3 Å². The van der Waals surface area contributed by atoms with Crippen LogP contribution in [0.1, 0.15) is 27.3 Å². The van der Waals surface area contributed by atoms with Crippen LogP contribution in [0.25, 0.3) is 0 Å². The number of fused-ring (bicyclic) bond motifs is 1. The van der Waals surface area contributed by atoms with Crippen molar-refractivity contribution in [2.45, 2.75) is 32.1 Å². The van der Waals surface area contributed by atoms with Gasteiger partial charge in [-0.1, -0.05) is 11.8 Å². The van der Waals surface area contributed by atoms with Crippen LogP contribution in [0.5, 0.6) is 0 Å². The summed E-state index contributed by atoms with van der Waals surface area (Å²) in [6.45, 7) is -0.672. The highest BCUT2D eigenvalue weighted by Gasteiger charge is 2.44. The zero-order valence-electron chi connectivity index (χ0n) is 19.8. The predicted octanol–water partition coefficient (Wildman–Crippen LogP) is 2.96. The van der Waals surface area contributed by atoms with E-state index in [0.29, 0.717) is 21.1 Å². The van der Waals surface area contributed by atoms with Gasteiger partial charge in [-0.3, -0.25) is 9.36 Å². The Morgan fingerprint density at radius 3 is 2.59 bits per heavy atom. The van der Waals surface area contributed by atoms with E-state index in [0.717, 1.165) is 9.56 Å². The molecule has 204 valence electrons. The van der Waals surface area contributed by atoms with Crippen LogP contribution in [-0.2, 0) is 33.9 Å². The molecule has 39 heavy (non-hydrogen) atoms. The first-order valence-corrected chi connectivity index (χ1v) is 12.0. The molecule has 0 unspecified atom stereocenters. The van der Waals surface area contributed by atoms with Crippen molar-refractivity contribution in [3.63, 3.8) is 0 Å². The van der Waals surface area contributed by atoms with Crippen LogP contribution in [0, 0.1) is 11.8 Å². The molecule has 0 spiro atoms. The number of anilines is 1. The normalized spacial score (nSPS) is 13.0. The molecular weight excluding hydrogens is 549 g/mol. The molecule has 0 radical (unpaired) electrons. The highest BCUT2D eigenvalue weighted by Crippen LogP contribution is 2.30. The Labute approximate surface area is 220 Å². The van der Waals surface area contributed by atoms with Gasteiger partial charge in [0.25, 0.3) is 12.0 Å². The number of carbonyl (C=O) groups excluding carboxylic acids is 2. The van der Waals surface area contributed by atoms with Gasteiger partial charge in [0.2, 0.25) is 0 Å². The Hall–Kier alpha value is -4.29. The third kappa shape index (κ3) is 6.41. The van der Waals surface area contributed by atoms with Crippen molar-refractivity contribution in [2.75, 3.05) is 11.6 Å². The van der Waals surface area contributed by atoms with Crippen molar-refractivity contribution >= 4 is 28.9 Å². The van der Waals surface area contributed by atoms with Gasteiger partial charge in [-0.25, -0.2) is 14.3 Å². The number of rotatable bonds is 6. The van der Waals surface area contributed by atoms with E-state index in [1.165, 1.54) is 34.4 Å². The van der Waals surface area contributed by atoms with Crippen LogP contribution in [0.4, 0.5) is 27.6 Å². The molecule has 1 aromatic carbocycles. The Morgan fingerprint density at radius 1 is 1.13 bits per heavy atom. The summed E-state index contributed by atoms with van der Waals surface area (Å²) in [5.74, 6) is 2.61. The molecule has 9 nitrogen and oxygen atoms in total. The van der Waals surface area contributed by atoms with Crippen LogP contribution in [0.3, 0.4) is 0 Å². The van der Waals surface area contributed by atoms with E-state index in [2.05, 4.69) is 21.8 Å². The van der Waals surface area contributed by atoms with Crippen molar-refractivity contribution < 1.29 is 36.4 Å². The molecule has 1 amide bonds. The highest BCUT2D eigenvalue weighted by molar-refractivity contribution is 7.12. The van der Waals surface area contributed by atoms with E-state index in [4.69, 9.17) is 5.73 Å². The quantitative estimate of drug-likeness (QED) is 0.362. The predicted molar refractivity (Wildman–Crippen MR) is 129 cm³/mol. The molecule has 3 heterocycles. The number of amides is 1. The summed E-state index contributed by atoms with van der Waals surface area (Å²) in [6.07, 6.45) is -5.88. The van der Waals surface area contributed by atoms with Gasteiger partial charge < -0.3 is 10.6 Å². The zero-order valence-corrected chi connectivity index (χ0v) is 20.6. The van der Waals surface area contributed by atoms with E-state index in [1.54, 1.807) is 18.2 Å². The lowest BCUT2D eigenvalue weighted by Crippen LogP contribution is -2.41. The molecule has 2 N–H and O–H groups in total. The SMILES string of the molecule is NCC(Cn1ncn(Cc2ccc(C#Cc3ccc4c(c3)CCC(=O)N4OC(=O)C(F)(F)F)s2)c1=O)=C(F)F. The van der Waals surface area contributed by atoms with Gasteiger partial charge >= 0.3 is 17.8 Å². The lowest BCUT2D eigenvalue weighted by Gasteiger charge is -2.27. The third-order valence-electron chi connectivity index (χ3n) is 5.51. The molecule has 0 aliphatic carbocycles. The zero-order chi connectivity index (χ0) is 28.3. The highest BCUT2D eigenvalue weighted by atomic mass is 32.1. The topological polar surface area (TPSA) is 112 Å². The van der Waals surface area contributed by atoms with Crippen LogP contribution in [-0.4, -0.2) is 38.9 Å². The summed E-state index contributed by atoms with van der Waals surface area (Å²) >= 11 is 1.29. The molecule has 2 aromatic heterocycles. The van der Waals surface area contributed by atoms with E-state index < -0.39 is 42.9 Å². The third-order valence-corrected chi connectivity index (χ3v) is 6.49. The van der Waals surface area contributed by atoms with Gasteiger partial charge in [0.05, 0.1) is 23.7 Å². The number of hydrogen-bond acceptors (Lipinski definition) is 7. The molecule has 3 aromatic rings. The van der Waals surface area contributed by atoms with Crippen molar-refractivity contribution in [1.29, 1.82) is 0 Å². The number of nitrogens with two attached hydrogens (primary N) is 1. The number of alkyl halides is 3. The number of hydroxylamine groups is 1. The molecule has 15 heteroatoms. The maximum absolute atomic E-state index is 12.8. The minimum atomic E-state index is -5.25. The van der Waals surface area contributed by atoms with Crippen molar-refractivity contribution in [3.05, 3.63) is 79.7 Å². The van der Waals surface area contributed by atoms with Crippen molar-refractivity contribution in [2.24, 2.45) is 5.73 Å². The summed E-state index contributed by atoms with van der Waals surface area (Å²) in [5.41, 5.74) is 5.35. The molecule has 4 rings (SSSR count). The van der Waals surface area contributed by atoms with Gasteiger partial charge in [0, 0.05) is 29.0 Å². The number of thiophene rings is 1. The van der Waals surface area contributed by atoms with Crippen LogP contribution in [0.15, 0.2) is 53.1 Å². The Balaban J connectivity index is 1.46. The molecule has 0 saturated heterocycles. The summed E-state index contributed by atoms with van der Waals surface area (Å²) in [5, 5.41) is 4.20. The molecule has 0 atom stereocenters. The standard InChI is InChI=1S/C24H18F5N5O4S/c25-21(26)16(10-30)11-33-23(37)32(13-31-33)12-18-6-5-17(39-18)4-1-14-2-7-19-15(9-14)3-8-20(35)34(19)38-22(36)24(27,28)29/h2,5-7,9,13H,3,8,10-12,30H2. The smallest absolute Gasteiger partial charge is 0.327 e. The maximum Gasteiger partial charge on any atom is 0.493 e. The van der Waals surface area contributed by atoms with Gasteiger partial charge in [-0.05, 0) is 42.3 Å². The van der Waals surface area contributed by atoms with Crippen LogP contribution < -0.4 is 16.5 Å². The number of halogens is 5. The first kappa shape index (κ1) is 27.7. The molecule has 1 aliphatic heterocycles. The van der Waals surface area contributed by atoms with E-state index >= 15 is 0 Å². The summed E-state index contributed by atoms with van der Waals surface area (Å²) in [4.78, 5) is 41.4.